The smallest absolute Gasteiger partial charge is 0.191 e. The highest BCUT2D eigenvalue weighted by Crippen LogP contribution is 2.44. The minimum Gasteiger partial charge on any atom is -0.356 e. The molecule has 4 rings (SSSR count). The molecule has 6 heteroatoms. The van der Waals surface area contributed by atoms with Gasteiger partial charge >= 0.3 is 0 Å². The monoisotopic (exact) mass is 339 g/mol. The van der Waals surface area contributed by atoms with Crippen molar-refractivity contribution >= 4 is 15.8 Å². The van der Waals surface area contributed by atoms with E-state index in [1.54, 1.807) is 0 Å². The maximum absolute atomic E-state index is 11.6. The van der Waals surface area contributed by atoms with Crippen LogP contribution in [0.5, 0.6) is 0 Å². The number of hydrogen-bond donors (Lipinski definition) is 2. The third-order valence-electron chi connectivity index (χ3n) is 6.15. The van der Waals surface area contributed by atoms with Gasteiger partial charge in [0.1, 0.15) is 0 Å². The molecule has 2 bridgehead atoms. The van der Waals surface area contributed by atoms with E-state index in [-0.39, 0.29) is 5.92 Å². The average molecular weight is 340 g/mol. The Morgan fingerprint density at radius 1 is 1.04 bits per heavy atom. The van der Waals surface area contributed by atoms with Gasteiger partial charge < -0.3 is 10.6 Å². The zero-order valence-electron chi connectivity index (χ0n) is 13.8. The molecule has 1 aliphatic heterocycles. The molecule has 4 unspecified atom stereocenters. The Morgan fingerprint density at radius 3 is 2.52 bits per heavy atom. The Hall–Kier alpha value is -0.780. The second-order valence-electron chi connectivity index (χ2n) is 8.21. The summed E-state index contributed by atoms with van der Waals surface area (Å²) in [5, 5.41) is 7.17. The maximum Gasteiger partial charge on any atom is 0.191 e. The van der Waals surface area contributed by atoms with Crippen LogP contribution in [0.4, 0.5) is 0 Å². The zero-order chi connectivity index (χ0) is 15.9. The van der Waals surface area contributed by atoms with E-state index in [1.165, 1.54) is 38.5 Å². The molecule has 0 radical (unpaired) electrons. The Balaban J connectivity index is 1.34. The van der Waals surface area contributed by atoms with Crippen LogP contribution in [-0.4, -0.2) is 45.0 Å². The molecule has 1 saturated heterocycles. The summed E-state index contributed by atoms with van der Waals surface area (Å²) in [7, 11) is -2.80. The van der Waals surface area contributed by atoms with E-state index >= 15 is 0 Å². The van der Waals surface area contributed by atoms with Crippen molar-refractivity contribution in [2.45, 2.75) is 51.0 Å². The highest BCUT2D eigenvalue weighted by Gasteiger charge is 2.40. The molecule has 4 atom stereocenters. The molecule has 0 aromatic rings. The summed E-state index contributed by atoms with van der Waals surface area (Å²) in [5.74, 6) is 4.35. The Morgan fingerprint density at radius 2 is 1.91 bits per heavy atom. The van der Waals surface area contributed by atoms with Crippen molar-refractivity contribution in [3.8, 4) is 0 Å². The summed E-state index contributed by atoms with van der Waals surface area (Å²) in [4.78, 5) is 4.75. The summed E-state index contributed by atoms with van der Waals surface area (Å²) in [6.07, 6.45) is 8.87. The Bertz CT molecular complexity index is 570. The largest absolute Gasteiger partial charge is 0.356 e. The van der Waals surface area contributed by atoms with Crippen LogP contribution in [0.25, 0.3) is 0 Å². The van der Waals surface area contributed by atoms with E-state index in [2.05, 4.69) is 10.6 Å². The summed E-state index contributed by atoms with van der Waals surface area (Å²) >= 11 is 0. The van der Waals surface area contributed by atoms with E-state index in [0.29, 0.717) is 24.1 Å². The van der Waals surface area contributed by atoms with Gasteiger partial charge in [0, 0.05) is 19.1 Å². The van der Waals surface area contributed by atoms with Crippen molar-refractivity contribution in [1.29, 1.82) is 0 Å². The van der Waals surface area contributed by atoms with Gasteiger partial charge in [-0.25, -0.2) is 8.42 Å². The number of nitrogens with zero attached hydrogens (tertiary/aromatic N) is 1. The normalized spacial score (nSPS) is 38.9. The van der Waals surface area contributed by atoms with E-state index in [9.17, 15) is 8.42 Å². The molecule has 0 aromatic carbocycles. The van der Waals surface area contributed by atoms with Crippen molar-refractivity contribution in [2.24, 2.45) is 28.7 Å². The molecular weight excluding hydrogens is 310 g/mol. The lowest BCUT2D eigenvalue weighted by molar-refractivity contribution is 0.386. The summed E-state index contributed by atoms with van der Waals surface area (Å²) in [5.41, 5.74) is 0. The molecule has 130 valence electrons. The van der Waals surface area contributed by atoms with E-state index in [0.717, 1.165) is 36.7 Å². The predicted molar refractivity (Wildman–Crippen MR) is 92.2 cm³/mol. The van der Waals surface area contributed by atoms with Crippen LogP contribution < -0.4 is 10.6 Å². The lowest BCUT2D eigenvalue weighted by Gasteiger charge is -2.25. The van der Waals surface area contributed by atoms with Crippen LogP contribution in [0.1, 0.15) is 44.9 Å². The third kappa shape index (κ3) is 4.01. The summed E-state index contributed by atoms with van der Waals surface area (Å²) in [6.45, 7) is 1.65. The van der Waals surface area contributed by atoms with Crippen molar-refractivity contribution in [3.05, 3.63) is 0 Å². The number of hydrogen-bond acceptors (Lipinski definition) is 3. The number of fused-ring (bicyclic) bond motifs is 2. The lowest BCUT2D eigenvalue weighted by Crippen LogP contribution is -2.46. The van der Waals surface area contributed by atoms with Gasteiger partial charge in [-0.1, -0.05) is 6.42 Å². The van der Waals surface area contributed by atoms with Crippen LogP contribution in [0.15, 0.2) is 4.99 Å². The first-order valence-electron chi connectivity index (χ1n) is 9.33. The van der Waals surface area contributed by atoms with Gasteiger partial charge in [0.05, 0.1) is 11.5 Å². The number of guanidine groups is 1. The maximum atomic E-state index is 11.6. The first-order chi connectivity index (χ1) is 11.1. The second-order valence-corrected chi connectivity index (χ2v) is 10.4. The van der Waals surface area contributed by atoms with E-state index in [1.807, 2.05) is 0 Å². The van der Waals surface area contributed by atoms with Crippen molar-refractivity contribution in [3.63, 3.8) is 0 Å². The molecule has 4 aliphatic rings. The van der Waals surface area contributed by atoms with Gasteiger partial charge in [-0.2, -0.15) is 0 Å². The van der Waals surface area contributed by atoms with Gasteiger partial charge in [-0.05, 0) is 62.2 Å². The molecule has 1 heterocycles. The fraction of sp³-hybridized carbons (Fsp3) is 0.941. The first kappa shape index (κ1) is 15.7. The molecule has 0 aromatic heterocycles. The van der Waals surface area contributed by atoms with Crippen LogP contribution in [-0.2, 0) is 9.84 Å². The highest BCUT2D eigenvalue weighted by atomic mass is 32.2. The number of sulfone groups is 1. The van der Waals surface area contributed by atoms with Crippen LogP contribution >= 0.6 is 0 Å². The summed E-state index contributed by atoms with van der Waals surface area (Å²) in [6, 6.07) is 0.575. The topological polar surface area (TPSA) is 70.6 Å². The minimum absolute atomic E-state index is 0.208. The molecule has 0 amide bonds. The Kier molecular flexibility index (Phi) is 4.28. The van der Waals surface area contributed by atoms with E-state index in [4.69, 9.17) is 4.99 Å². The summed E-state index contributed by atoms with van der Waals surface area (Å²) < 4.78 is 23.2. The molecule has 2 N–H and O–H groups in total. The second kappa shape index (κ2) is 6.26. The molecule has 3 aliphatic carbocycles. The van der Waals surface area contributed by atoms with Crippen molar-refractivity contribution in [2.75, 3.05) is 24.6 Å². The molecule has 4 fully saturated rings. The first-order valence-corrected chi connectivity index (χ1v) is 11.1. The minimum atomic E-state index is -2.80. The quantitative estimate of drug-likeness (QED) is 0.589. The zero-order valence-corrected chi connectivity index (χ0v) is 14.7. The fourth-order valence-electron chi connectivity index (χ4n) is 4.55. The highest BCUT2D eigenvalue weighted by molar-refractivity contribution is 7.91. The third-order valence-corrected chi connectivity index (χ3v) is 7.99. The number of nitrogens with one attached hydrogen (secondary N) is 2. The SMILES string of the molecule is O=S1(=O)CCC(CN=C(NCC2CC2)NC2CC3CCC2C3)C1. The Labute approximate surface area is 139 Å². The van der Waals surface area contributed by atoms with Crippen molar-refractivity contribution < 1.29 is 8.42 Å². The van der Waals surface area contributed by atoms with Gasteiger partial charge in [0.2, 0.25) is 0 Å². The van der Waals surface area contributed by atoms with Gasteiger partial charge in [-0.3, -0.25) is 4.99 Å². The molecule has 0 spiro atoms. The van der Waals surface area contributed by atoms with Gasteiger partial charge in [0.15, 0.2) is 15.8 Å². The molecule has 23 heavy (non-hydrogen) atoms. The number of aliphatic imine (C=N–C) groups is 1. The molecular formula is C17H29N3O2S. The van der Waals surface area contributed by atoms with Gasteiger partial charge in [-0.15, -0.1) is 0 Å². The number of rotatable bonds is 5. The predicted octanol–water partition coefficient (Wildman–Crippen LogP) is 1.55. The molecule has 5 nitrogen and oxygen atoms in total. The standard InChI is InChI=1S/C17H29N3O2S/c21-23(22)6-5-14(11-23)10-19-17(18-9-12-1-2-12)20-16-8-13-3-4-15(16)7-13/h12-16H,1-11H2,(H2,18,19,20). The van der Waals surface area contributed by atoms with Crippen LogP contribution in [0.3, 0.4) is 0 Å². The fourth-order valence-corrected chi connectivity index (χ4v) is 6.40. The van der Waals surface area contributed by atoms with Crippen LogP contribution in [0.2, 0.25) is 0 Å². The lowest BCUT2D eigenvalue weighted by atomic mass is 9.95. The average Bonchev–Trinajstić information content (AvgIpc) is 2.94. The molecule has 3 saturated carbocycles. The van der Waals surface area contributed by atoms with Gasteiger partial charge in [0.25, 0.3) is 0 Å². The van der Waals surface area contributed by atoms with Crippen LogP contribution in [0, 0.1) is 23.7 Å². The van der Waals surface area contributed by atoms with Crippen molar-refractivity contribution in [1.82, 2.24) is 10.6 Å². The van der Waals surface area contributed by atoms with E-state index < -0.39 is 9.84 Å².